The molecule has 0 saturated heterocycles. The van der Waals surface area contributed by atoms with E-state index in [9.17, 15) is 0 Å². The molecule has 0 aromatic heterocycles. The summed E-state index contributed by atoms with van der Waals surface area (Å²) in [5.41, 5.74) is 4.47. The molecule has 0 spiro atoms. The van der Waals surface area contributed by atoms with E-state index in [1.165, 1.54) is 48.8 Å². The molecule has 0 aliphatic heterocycles. The van der Waals surface area contributed by atoms with Crippen LogP contribution in [-0.4, -0.2) is 0 Å². The van der Waals surface area contributed by atoms with E-state index in [-0.39, 0.29) is 0 Å². The smallest absolute Gasteiger partial charge is 0.0216 e. The third-order valence-corrected chi connectivity index (χ3v) is 3.28. The number of benzene rings is 1. The van der Waals surface area contributed by atoms with Crippen molar-refractivity contribution >= 4 is 0 Å². The molecule has 0 unspecified atom stereocenters. The van der Waals surface area contributed by atoms with E-state index in [4.69, 9.17) is 0 Å². The summed E-state index contributed by atoms with van der Waals surface area (Å²) in [7, 11) is 0. The van der Waals surface area contributed by atoms with Gasteiger partial charge in [-0.3, -0.25) is 0 Å². The van der Waals surface area contributed by atoms with Gasteiger partial charge in [-0.15, -0.1) is 0 Å². The predicted octanol–water partition coefficient (Wildman–Crippen LogP) is 5.24. The van der Waals surface area contributed by atoms with Crippen molar-refractivity contribution in [3.63, 3.8) is 0 Å². The molecule has 0 atom stereocenters. The van der Waals surface area contributed by atoms with Crippen molar-refractivity contribution in [1.29, 1.82) is 0 Å². The minimum Gasteiger partial charge on any atom is -0.0654 e. The Balaban J connectivity index is 2.53. The summed E-state index contributed by atoms with van der Waals surface area (Å²) in [5.74, 6) is 0.647. The molecule has 1 aromatic carbocycles. The highest BCUT2D eigenvalue weighted by atomic mass is 14.1. The fourth-order valence-corrected chi connectivity index (χ4v) is 2.30. The van der Waals surface area contributed by atoms with E-state index < -0.39 is 0 Å². The Bertz CT molecular complexity index is 310. The first-order valence-corrected chi connectivity index (χ1v) is 6.74. The van der Waals surface area contributed by atoms with Gasteiger partial charge in [-0.25, -0.2) is 0 Å². The van der Waals surface area contributed by atoms with Crippen LogP contribution in [0.15, 0.2) is 18.2 Å². The second-order valence-corrected chi connectivity index (χ2v) is 5.16. The van der Waals surface area contributed by atoms with Gasteiger partial charge in [-0.2, -0.15) is 0 Å². The third kappa shape index (κ3) is 4.00. The second kappa shape index (κ2) is 6.73. The van der Waals surface area contributed by atoms with E-state index in [0.717, 1.165) is 0 Å². The number of unbranched alkanes of at least 4 members (excludes halogenated alkanes) is 3. The van der Waals surface area contributed by atoms with Gasteiger partial charge < -0.3 is 0 Å². The molecular weight excluding hydrogens is 192 g/mol. The van der Waals surface area contributed by atoms with Crippen LogP contribution in [0.5, 0.6) is 0 Å². The van der Waals surface area contributed by atoms with Crippen molar-refractivity contribution in [1.82, 2.24) is 0 Å². The average Bonchev–Trinajstić information content (AvgIpc) is 2.24. The van der Waals surface area contributed by atoms with Gasteiger partial charge in [-0.05, 0) is 42.4 Å². The van der Waals surface area contributed by atoms with Crippen LogP contribution in [-0.2, 0) is 6.42 Å². The van der Waals surface area contributed by atoms with Crippen LogP contribution in [0.1, 0.15) is 69.1 Å². The maximum absolute atomic E-state index is 2.38. The lowest BCUT2D eigenvalue weighted by molar-refractivity contribution is 0.666. The largest absolute Gasteiger partial charge is 0.0654 e. The van der Waals surface area contributed by atoms with Gasteiger partial charge >= 0.3 is 0 Å². The predicted molar refractivity (Wildman–Crippen MR) is 73.1 cm³/mol. The topological polar surface area (TPSA) is 0 Å². The maximum Gasteiger partial charge on any atom is -0.0216 e. The SMILES string of the molecule is CCCCCCc1ccc(C(C)C)c(C)c1. The van der Waals surface area contributed by atoms with Gasteiger partial charge in [0, 0.05) is 0 Å². The monoisotopic (exact) mass is 218 g/mol. The van der Waals surface area contributed by atoms with Crippen LogP contribution in [0.25, 0.3) is 0 Å². The summed E-state index contributed by atoms with van der Waals surface area (Å²) in [5, 5.41) is 0. The molecule has 0 aliphatic carbocycles. The molecule has 0 heterocycles. The molecule has 0 saturated carbocycles. The fraction of sp³-hybridized carbons (Fsp3) is 0.625. The fourth-order valence-electron chi connectivity index (χ4n) is 2.30. The van der Waals surface area contributed by atoms with Crippen molar-refractivity contribution < 1.29 is 0 Å². The molecule has 90 valence electrons. The molecule has 0 N–H and O–H groups in total. The van der Waals surface area contributed by atoms with Gasteiger partial charge in [0.25, 0.3) is 0 Å². The molecule has 0 bridgehead atoms. The van der Waals surface area contributed by atoms with Crippen LogP contribution < -0.4 is 0 Å². The van der Waals surface area contributed by atoms with Crippen molar-refractivity contribution in [2.75, 3.05) is 0 Å². The first-order chi connectivity index (χ1) is 7.65. The Morgan fingerprint density at radius 3 is 2.38 bits per heavy atom. The lowest BCUT2D eigenvalue weighted by Crippen LogP contribution is -1.94. The lowest BCUT2D eigenvalue weighted by Gasteiger charge is -2.11. The Morgan fingerprint density at radius 2 is 1.81 bits per heavy atom. The van der Waals surface area contributed by atoms with Crippen LogP contribution >= 0.6 is 0 Å². The quantitative estimate of drug-likeness (QED) is 0.573. The number of rotatable bonds is 6. The zero-order valence-corrected chi connectivity index (χ0v) is 11.3. The normalized spacial score (nSPS) is 11.1. The molecule has 16 heavy (non-hydrogen) atoms. The molecule has 0 amide bonds. The Hall–Kier alpha value is -0.780. The van der Waals surface area contributed by atoms with Crippen molar-refractivity contribution in [2.24, 2.45) is 0 Å². The van der Waals surface area contributed by atoms with E-state index >= 15 is 0 Å². The zero-order chi connectivity index (χ0) is 12.0. The highest BCUT2D eigenvalue weighted by molar-refractivity contribution is 5.33. The van der Waals surface area contributed by atoms with Crippen molar-refractivity contribution in [3.8, 4) is 0 Å². The Morgan fingerprint density at radius 1 is 1.06 bits per heavy atom. The molecule has 0 fully saturated rings. The van der Waals surface area contributed by atoms with E-state index in [1.54, 1.807) is 0 Å². The van der Waals surface area contributed by atoms with Gasteiger partial charge in [0.2, 0.25) is 0 Å². The van der Waals surface area contributed by atoms with Crippen LogP contribution in [0.3, 0.4) is 0 Å². The lowest BCUT2D eigenvalue weighted by atomic mass is 9.95. The summed E-state index contributed by atoms with van der Waals surface area (Å²) in [4.78, 5) is 0. The standard InChI is InChI=1S/C16H26/c1-5-6-7-8-9-15-10-11-16(13(2)3)14(4)12-15/h10-13H,5-9H2,1-4H3. The summed E-state index contributed by atoms with van der Waals surface area (Å²) in [6, 6.07) is 7.00. The summed E-state index contributed by atoms with van der Waals surface area (Å²) >= 11 is 0. The Labute approximate surface area is 101 Å². The molecule has 0 radical (unpaired) electrons. The zero-order valence-electron chi connectivity index (χ0n) is 11.3. The highest BCUT2D eigenvalue weighted by Crippen LogP contribution is 2.20. The average molecular weight is 218 g/mol. The minimum absolute atomic E-state index is 0.647. The van der Waals surface area contributed by atoms with Gasteiger partial charge in [0.05, 0.1) is 0 Å². The molecule has 1 aromatic rings. The molecule has 1 rings (SSSR count). The maximum atomic E-state index is 2.38. The van der Waals surface area contributed by atoms with Crippen LogP contribution in [0, 0.1) is 6.92 Å². The van der Waals surface area contributed by atoms with E-state index in [1.807, 2.05) is 0 Å². The van der Waals surface area contributed by atoms with Crippen molar-refractivity contribution in [3.05, 3.63) is 34.9 Å². The van der Waals surface area contributed by atoms with Crippen LogP contribution in [0.4, 0.5) is 0 Å². The summed E-state index contributed by atoms with van der Waals surface area (Å²) in [6.07, 6.45) is 6.67. The van der Waals surface area contributed by atoms with Gasteiger partial charge in [0.1, 0.15) is 0 Å². The number of aryl methyl sites for hydroxylation is 2. The molecule has 0 heteroatoms. The summed E-state index contributed by atoms with van der Waals surface area (Å²) < 4.78 is 0. The van der Waals surface area contributed by atoms with E-state index in [0.29, 0.717) is 5.92 Å². The molecule has 0 aliphatic rings. The summed E-state index contributed by atoms with van der Waals surface area (Å²) in [6.45, 7) is 9.04. The Kier molecular flexibility index (Phi) is 5.59. The second-order valence-electron chi connectivity index (χ2n) is 5.16. The minimum atomic E-state index is 0.647. The van der Waals surface area contributed by atoms with E-state index in [2.05, 4.69) is 45.9 Å². The first kappa shape index (κ1) is 13.3. The van der Waals surface area contributed by atoms with Gasteiger partial charge in [-0.1, -0.05) is 58.2 Å². The highest BCUT2D eigenvalue weighted by Gasteiger charge is 2.03. The first-order valence-electron chi connectivity index (χ1n) is 6.74. The van der Waals surface area contributed by atoms with Crippen molar-refractivity contribution in [2.45, 2.75) is 65.7 Å². The number of hydrogen-bond acceptors (Lipinski definition) is 0. The van der Waals surface area contributed by atoms with Crippen LogP contribution in [0.2, 0.25) is 0 Å². The number of hydrogen-bond donors (Lipinski definition) is 0. The third-order valence-electron chi connectivity index (χ3n) is 3.28. The molecular formula is C16H26. The van der Waals surface area contributed by atoms with Gasteiger partial charge in [0.15, 0.2) is 0 Å². The molecule has 0 nitrogen and oxygen atoms in total.